The Hall–Kier alpha value is -1.72. The van der Waals surface area contributed by atoms with E-state index >= 15 is 0 Å². The second-order valence-electron chi connectivity index (χ2n) is 7.17. The van der Waals surface area contributed by atoms with E-state index in [9.17, 15) is 15.3 Å². The average molecular weight is 357 g/mol. The van der Waals surface area contributed by atoms with Crippen LogP contribution in [-0.4, -0.2) is 34.1 Å². The fourth-order valence-corrected chi connectivity index (χ4v) is 2.99. The van der Waals surface area contributed by atoms with Crippen molar-refractivity contribution in [1.82, 2.24) is 0 Å². The highest BCUT2D eigenvalue weighted by molar-refractivity contribution is 5.24. The van der Waals surface area contributed by atoms with Crippen molar-refractivity contribution in [2.45, 2.75) is 50.2 Å². The molecule has 0 spiro atoms. The maximum Gasteiger partial charge on any atom is 0.0790 e. The minimum absolute atomic E-state index is 0.233. The van der Waals surface area contributed by atoms with Crippen molar-refractivity contribution in [3.05, 3.63) is 71.3 Å². The van der Waals surface area contributed by atoms with E-state index in [2.05, 4.69) is 24.3 Å². The monoisotopic (exact) mass is 357 g/mol. The van der Waals surface area contributed by atoms with Crippen LogP contribution in [0.3, 0.4) is 0 Å². The second-order valence-corrected chi connectivity index (χ2v) is 7.17. The zero-order valence-electron chi connectivity index (χ0n) is 15.3. The fourth-order valence-electron chi connectivity index (χ4n) is 2.99. The minimum Gasteiger partial charge on any atom is -0.394 e. The lowest BCUT2D eigenvalue weighted by molar-refractivity contribution is 0.115. The third kappa shape index (κ3) is 6.54. The molecule has 26 heavy (non-hydrogen) atoms. The summed E-state index contributed by atoms with van der Waals surface area (Å²) in [4.78, 5) is 0. The van der Waals surface area contributed by atoms with Crippen LogP contribution in [0.2, 0.25) is 0 Å². The molecule has 0 saturated heterocycles. The molecule has 2 rings (SSSR count). The number of rotatable bonds is 11. The molecule has 4 nitrogen and oxygen atoms in total. The van der Waals surface area contributed by atoms with Gasteiger partial charge >= 0.3 is 0 Å². The summed E-state index contributed by atoms with van der Waals surface area (Å²) in [6, 6.07) is 18.3. The summed E-state index contributed by atoms with van der Waals surface area (Å²) in [5.41, 5.74) is 8.31. The van der Waals surface area contributed by atoms with Crippen LogP contribution in [0.4, 0.5) is 0 Å². The van der Waals surface area contributed by atoms with Crippen molar-refractivity contribution in [2.24, 2.45) is 5.73 Å². The van der Waals surface area contributed by atoms with Crippen molar-refractivity contribution in [1.29, 1.82) is 0 Å². The molecule has 0 aliphatic heterocycles. The van der Waals surface area contributed by atoms with Crippen LogP contribution in [0.5, 0.6) is 0 Å². The fraction of sp³-hybridized carbons (Fsp3) is 0.455. The van der Waals surface area contributed by atoms with Crippen molar-refractivity contribution < 1.29 is 15.3 Å². The Morgan fingerprint density at radius 3 is 2.04 bits per heavy atom. The molecule has 0 fully saturated rings. The third-order valence-corrected chi connectivity index (χ3v) is 4.94. The molecule has 0 aliphatic carbocycles. The van der Waals surface area contributed by atoms with Crippen LogP contribution in [0.15, 0.2) is 54.6 Å². The van der Waals surface area contributed by atoms with Gasteiger partial charge in [0.05, 0.1) is 24.9 Å². The normalized spacial score (nSPS) is 12.9. The van der Waals surface area contributed by atoms with Gasteiger partial charge in [0.2, 0.25) is 0 Å². The highest BCUT2D eigenvalue weighted by atomic mass is 16.3. The Morgan fingerprint density at radius 2 is 1.42 bits per heavy atom. The summed E-state index contributed by atoms with van der Waals surface area (Å²) >= 11 is 0. The standard InChI is InChI=1S/C22H31NO3/c23-22(16-24,17-25)15-14-19-10-12-20(13-11-19)21(26)9-5-4-8-18-6-2-1-3-7-18/h1-3,6-7,10-13,21,24-26H,4-5,8-9,14-17,23H2. The van der Waals surface area contributed by atoms with Gasteiger partial charge in [0.15, 0.2) is 0 Å². The molecule has 2 aromatic rings. The molecule has 142 valence electrons. The predicted octanol–water partition coefficient (Wildman–Crippen LogP) is 2.75. The van der Waals surface area contributed by atoms with Gasteiger partial charge in [-0.05, 0) is 48.8 Å². The number of nitrogens with two attached hydrogens (primary N) is 1. The number of benzene rings is 2. The minimum atomic E-state index is -0.934. The number of aryl methyl sites for hydroxylation is 2. The van der Waals surface area contributed by atoms with E-state index in [1.54, 1.807) is 0 Å². The van der Waals surface area contributed by atoms with Gasteiger partial charge in [-0.3, -0.25) is 0 Å². The lowest BCUT2D eigenvalue weighted by Gasteiger charge is -2.24. The molecule has 1 atom stereocenters. The molecule has 0 amide bonds. The van der Waals surface area contributed by atoms with Crippen LogP contribution in [0, 0.1) is 0 Å². The predicted molar refractivity (Wildman–Crippen MR) is 105 cm³/mol. The first-order chi connectivity index (χ1) is 12.6. The molecule has 5 N–H and O–H groups in total. The van der Waals surface area contributed by atoms with Gasteiger partial charge in [-0.15, -0.1) is 0 Å². The Kier molecular flexibility index (Phi) is 8.26. The van der Waals surface area contributed by atoms with Crippen LogP contribution < -0.4 is 5.73 Å². The highest BCUT2D eigenvalue weighted by Crippen LogP contribution is 2.21. The van der Waals surface area contributed by atoms with Crippen molar-refractivity contribution in [3.63, 3.8) is 0 Å². The lowest BCUT2D eigenvalue weighted by atomic mass is 9.93. The van der Waals surface area contributed by atoms with Gasteiger partial charge in [-0.2, -0.15) is 0 Å². The maximum atomic E-state index is 10.4. The summed E-state index contributed by atoms with van der Waals surface area (Å²) in [6.45, 7) is -0.466. The van der Waals surface area contributed by atoms with Gasteiger partial charge in [-0.25, -0.2) is 0 Å². The van der Waals surface area contributed by atoms with Crippen LogP contribution in [-0.2, 0) is 12.8 Å². The van der Waals surface area contributed by atoms with Crippen molar-refractivity contribution >= 4 is 0 Å². The molecule has 1 unspecified atom stereocenters. The Bertz CT molecular complexity index is 624. The number of aliphatic hydroxyl groups is 3. The smallest absolute Gasteiger partial charge is 0.0790 e. The van der Waals surface area contributed by atoms with E-state index in [-0.39, 0.29) is 13.2 Å². The molecule has 0 heterocycles. The zero-order valence-corrected chi connectivity index (χ0v) is 15.3. The van der Waals surface area contributed by atoms with Crippen LogP contribution >= 0.6 is 0 Å². The summed E-state index contributed by atoms with van der Waals surface area (Å²) in [5, 5.41) is 28.8. The molecule has 0 aromatic heterocycles. The molecule has 0 aliphatic rings. The summed E-state index contributed by atoms with van der Waals surface area (Å²) in [6.07, 6.45) is 4.62. The van der Waals surface area contributed by atoms with Gasteiger partial charge in [0.25, 0.3) is 0 Å². The SMILES string of the molecule is NC(CO)(CO)CCc1ccc(C(O)CCCCc2ccccc2)cc1. The van der Waals surface area contributed by atoms with E-state index in [0.29, 0.717) is 12.8 Å². The van der Waals surface area contributed by atoms with Crippen LogP contribution in [0.25, 0.3) is 0 Å². The number of hydrogen-bond acceptors (Lipinski definition) is 4. The summed E-state index contributed by atoms with van der Waals surface area (Å²) < 4.78 is 0. The van der Waals surface area contributed by atoms with Crippen molar-refractivity contribution in [3.8, 4) is 0 Å². The molecule has 4 heteroatoms. The van der Waals surface area contributed by atoms with E-state index in [1.807, 2.05) is 30.3 Å². The van der Waals surface area contributed by atoms with E-state index in [0.717, 1.165) is 36.8 Å². The van der Waals surface area contributed by atoms with Gasteiger partial charge in [-0.1, -0.05) is 61.0 Å². The quantitative estimate of drug-likeness (QED) is 0.466. The Morgan fingerprint density at radius 1 is 0.808 bits per heavy atom. The molecular weight excluding hydrogens is 326 g/mol. The first kappa shape index (κ1) is 20.6. The average Bonchev–Trinajstić information content (AvgIpc) is 2.70. The number of hydrogen-bond donors (Lipinski definition) is 4. The van der Waals surface area contributed by atoms with E-state index in [4.69, 9.17) is 5.73 Å². The topological polar surface area (TPSA) is 86.7 Å². The van der Waals surface area contributed by atoms with E-state index < -0.39 is 11.6 Å². The summed E-state index contributed by atoms with van der Waals surface area (Å²) in [7, 11) is 0. The Labute approximate surface area is 156 Å². The van der Waals surface area contributed by atoms with Gasteiger partial charge in [0, 0.05) is 0 Å². The highest BCUT2D eigenvalue weighted by Gasteiger charge is 2.22. The zero-order chi connectivity index (χ0) is 18.8. The van der Waals surface area contributed by atoms with Crippen molar-refractivity contribution in [2.75, 3.05) is 13.2 Å². The largest absolute Gasteiger partial charge is 0.394 e. The molecule has 2 aromatic carbocycles. The van der Waals surface area contributed by atoms with Crippen LogP contribution in [0.1, 0.15) is 48.5 Å². The third-order valence-electron chi connectivity index (χ3n) is 4.94. The summed E-state index contributed by atoms with van der Waals surface area (Å²) in [5.74, 6) is 0. The lowest BCUT2D eigenvalue weighted by Crippen LogP contribution is -2.47. The first-order valence-corrected chi connectivity index (χ1v) is 9.38. The van der Waals surface area contributed by atoms with Gasteiger partial charge in [0.1, 0.15) is 0 Å². The number of aliphatic hydroxyl groups excluding tert-OH is 3. The number of unbranched alkanes of at least 4 members (excludes halogenated alkanes) is 1. The molecule has 0 radical (unpaired) electrons. The van der Waals surface area contributed by atoms with E-state index in [1.165, 1.54) is 5.56 Å². The molecule has 0 saturated carbocycles. The molecule has 0 bridgehead atoms. The maximum absolute atomic E-state index is 10.4. The first-order valence-electron chi connectivity index (χ1n) is 9.38. The Balaban J connectivity index is 1.74. The molecular formula is C22H31NO3. The second kappa shape index (κ2) is 10.4. The van der Waals surface area contributed by atoms with Gasteiger partial charge < -0.3 is 21.1 Å².